The molecule has 1 aromatic heterocycles. The van der Waals surface area contributed by atoms with Crippen LogP contribution in [0, 0.1) is 21.8 Å². The number of hydrogen-bond acceptors (Lipinski definition) is 4. The van der Waals surface area contributed by atoms with Crippen molar-refractivity contribution in [2.24, 2.45) is 0 Å². The van der Waals surface area contributed by atoms with Crippen LogP contribution in [-0.4, -0.2) is 26.9 Å². The molecule has 3 aromatic carbocycles. The number of aromatic nitrogens is 2. The van der Waals surface area contributed by atoms with E-state index in [1.165, 1.54) is 0 Å². The van der Waals surface area contributed by atoms with Gasteiger partial charge in [0.05, 0.1) is 11.1 Å². The monoisotopic (exact) mass is 574 g/mol. The van der Waals surface area contributed by atoms with Gasteiger partial charge in [-0.25, -0.2) is 4.98 Å². The van der Waals surface area contributed by atoms with Gasteiger partial charge >= 0.3 is 0 Å². The molecule has 1 aliphatic rings. The molecule has 0 saturated carbocycles. The Bertz CT molecular complexity index is 1440. The number of amides is 1. The van der Waals surface area contributed by atoms with Gasteiger partial charge in [0.2, 0.25) is 0 Å². The highest BCUT2D eigenvalue weighted by Crippen LogP contribution is 2.30. The fourth-order valence-corrected chi connectivity index (χ4v) is 4.86. The van der Waals surface area contributed by atoms with Crippen LogP contribution in [0.3, 0.4) is 0 Å². The minimum Gasteiger partial charge on any atom is -0.456 e. The van der Waals surface area contributed by atoms with Crippen molar-refractivity contribution >= 4 is 28.5 Å². The molecule has 0 fully saturated rings. The van der Waals surface area contributed by atoms with E-state index in [4.69, 9.17) is 4.74 Å². The zero-order valence-corrected chi connectivity index (χ0v) is 21.4. The summed E-state index contributed by atoms with van der Waals surface area (Å²) >= 11 is 2.19. The summed E-state index contributed by atoms with van der Waals surface area (Å²) in [5.74, 6) is 1.85. The van der Waals surface area contributed by atoms with Crippen LogP contribution < -0.4 is 4.74 Å². The van der Waals surface area contributed by atoms with Gasteiger partial charge in [0.25, 0.3) is 5.91 Å². The van der Waals surface area contributed by atoms with Crippen LogP contribution in [0.25, 0.3) is 0 Å². The maximum atomic E-state index is 13.8. The molecule has 6 nitrogen and oxygen atoms in total. The molecule has 4 aromatic rings. The van der Waals surface area contributed by atoms with Crippen LogP contribution in [0.15, 0.2) is 72.9 Å². The van der Waals surface area contributed by atoms with Crippen LogP contribution in [0.1, 0.15) is 38.6 Å². The summed E-state index contributed by atoms with van der Waals surface area (Å²) in [4.78, 5) is 20.2. The van der Waals surface area contributed by atoms with Crippen molar-refractivity contribution in [2.45, 2.75) is 26.4 Å². The maximum absolute atomic E-state index is 13.8. The zero-order valence-electron chi connectivity index (χ0n) is 19.2. The summed E-state index contributed by atoms with van der Waals surface area (Å²) < 4.78 is 9.17. The first kappa shape index (κ1) is 23.1. The summed E-state index contributed by atoms with van der Waals surface area (Å²) in [6.07, 6.45) is 2.56. The first-order chi connectivity index (χ1) is 17.0. The highest BCUT2D eigenvalue weighted by Gasteiger charge is 2.22. The fourth-order valence-electron chi connectivity index (χ4n) is 4.29. The van der Waals surface area contributed by atoms with Gasteiger partial charge < -0.3 is 14.2 Å². The summed E-state index contributed by atoms with van der Waals surface area (Å²) in [6, 6.07) is 23.3. The Balaban J connectivity index is 1.62. The van der Waals surface area contributed by atoms with Gasteiger partial charge in [-0.1, -0.05) is 36.4 Å². The van der Waals surface area contributed by atoms with Gasteiger partial charge in [0, 0.05) is 41.5 Å². The minimum atomic E-state index is -0.0576. The smallest absolute Gasteiger partial charge is 0.255 e. The third-order valence-corrected chi connectivity index (χ3v) is 7.12. The number of halogens is 1. The average molecular weight is 574 g/mol. The number of aryl methyl sites for hydroxylation is 1. The molecule has 0 atom stereocenters. The third-order valence-electron chi connectivity index (χ3n) is 6.18. The van der Waals surface area contributed by atoms with Crippen molar-refractivity contribution in [3.05, 3.63) is 110 Å². The van der Waals surface area contributed by atoms with Crippen molar-refractivity contribution in [3.8, 4) is 17.6 Å². The van der Waals surface area contributed by atoms with E-state index in [2.05, 4.69) is 38.2 Å². The average Bonchev–Trinajstić information content (AvgIpc) is 3.21. The first-order valence-corrected chi connectivity index (χ1v) is 12.4. The van der Waals surface area contributed by atoms with Crippen LogP contribution in [0.5, 0.6) is 11.5 Å². The predicted molar refractivity (Wildman–Crippen MR) is 141 cm³/mol. The second-order valence-corrected chi connectivity index (χ2v) is 9.69. The number of carbonyl (C=O) groups excluding carboxylic acids is 1. The number of carbonyl (C=O) groups is 1. The van der Waals surface area contributed by atoms with E-state index in [0.29, 0.717) is 48.7 Å². The van der Waals surface area contributed by atoms with E-state index in [0.717, 1.165) is 26.2 Å². The van der Waals surface area contributed by atoms with E-state index in [1.54, 1.807) is 12.1 Å². The normalized spacial score (nSPS) is 13.4. The highest BCUT2D eigenvalue weighted by atomic mass is 127. The van der Waals surface area contributed by atoms with Gasteiger partial charge in [0.15, 0.2) is 0 Å². The molecule has 0 aliphatic carbocycles. The zero-order chi connectivity index (χ0) is 24.4. The van der Waals surface area contributed by atoms with Crippen LogP contribution in [0.4, 0.5) is 0 Å². The van der Waals surface area contributed by atoms with Gasteiger partial charge in [-0.15, -0.1) is 0 Å². The van der Waals surface area contributed by atoms with E-state index in [1.807, 2.05) is 72.6 Å². The molecule has 7 heteroatoms. The van der Waals surface area contributed by atoms with Crippen molar-refractivity contribution in [3.63, 3.8) is 0 Å². The second-order valence-electron chi connectivity index (χ2n) is 8.53. The summed E-state index contributed by atoms with van der Waals surface area (Å²) in [5.41, 5.74) is 4.17. The van der Waals surface area contributed by atoms with Gasteiger partial charge in [-0.3, -0.25) is 4.79 Å². The van der Waals surface area contributed by atoms with Crippen molar-refractivity contribution < 1.29 is 9.53 Å². The lowest BCUT2D eigenvalue weighted by Gasteiger charge is -2.25. The molecule has 35 heavy (non-hydrogen) atoms. The largest absolute Gasteiger partial charge is 0.456 e. The summed E-state index contributed by atoms with van der Waals surface area (Å²) in [6.45, 7) is 3.64. The molecule has 174 valence electrons. The Hall–Kier alpha value is -3.64. The first-order valence-electron chi connectivity index (χ1n) is 11.4. The van der Waals surface area contributed by atoms with E-state index in [-0.39, 0.29) is 5.91 Å². The molecular formula is C28H23IN4O2. The SMILES string of the molecule is Cc1ncc2n1Cc1ccc(C#N)c(c1)Oc1ccc(I)c(c1)C(=O)N(Cc1ccccc1)CC2. The number of nitrogens with zero attached hydrogens (tertiary/aromatic N) is 4. The number of ether oxygens (including phenoxy) is 1. The van der Waals surface area contributed by atoms with Crippen molar-refractivity contribution in [1.82, 2.24) is 14.5 Å². The molecular weight excluding hydrogens is 551 g/mol. The van der Waals surface area contributed by atoms with Gasteiger partial charge in [0.1, 0.15) is 23.4 Å². The van der Waals surface area contributed by atoms with Crippen molar-refractivity contribution in [2.75, 3.05) is 6.54 Å². The number of fused-ring (bicyclic) bond motifs is 5. The number of imidazole rings is 1. The van der Waals surface area contributed by atoms with Crippen LogP contribution in [0.2, 0.25) is 0 Å². The Kier molecular flexibility index (Phi) is 6.55. The molecule has 0 radical (unpaired) electrons. The number of rotatable bonds is 2. The molecule has 0 N–H and O–H groups in total. The lowest BCUT2D eigenvalue weighted by atomic mass is 10.1. The number of nitriles is 1. The topological polar surface area (TPSA) is 71.1 Å². The summed E-state index contributed by atoms with van der Waals surface area (Å²) in [7, 11) is 0. The molecule has 0 saturated heterocycles. The Labute approximate surface area is 217 Å². The number of benzene rings is 3. The van der Waals surface area contributed by atoms with Crippen molar-refractivity contribution in [1.29, 1.82) is 5.26 Å². The highest BCUT2D eigenvalue weighted by molar-refractivity contribution is 14.1. The van der Waals surface area contributed by atoms with E-state index < -0.39 is 0 Å². The lowest BCUT2D eigenvalue weighted by Crippen LogP contribution is -2.33. The maximum Gasteiger partial charge on any atom is 0.255 e. The van der Waals surface area contributed by atoms with Crippen LogP contribution in [-0.2, 0) is 19.5 Å². The third kappa shape index (κ3) is 4.93. The van der Waals surface area contributed by atoms with E-state index in [9.17, 15) is 10.1 Å². The standard InChI is InChI=1S/C28H23IN4O2/c1-19-31-16-23-11-12-32(17-20-5-3-2-4-6-20)28(34)25-14-24(9-10-26(25)29)35-27-13-21(18-33(19)23)7-8-22(27)15-30/h2-10,13-14,16H,11-12,17-18H2,1H3. The number of hydrogen-bond donors (Lipinski definition) is 0. The minimum absolute atomic E-state index is 0.0576. The van der Waals surface area contributed by atoms with Gasteiger partial charge in [-0.05, 0) is 71.0 Å². The fraction of sp³-hybridized carbons (Fsp3) is 0.179. The molecule has 0 spiro atoms. The quantitative estimate of drug-likeness (QED) is 0.288. The molecule has 1 amide bonds. The lowest BCUT2D eigenvalue weighted by molar-refractivity contribution is 0.0743. The molecule has 1 aliphatic heterocycles. The Morgan fingerprint density at radius 2 is 1.94 bits per heavy atom. The van der Waals surface area contributed by atoms with Crippen LogP contribution >= 0.6 is 22.6 Å². The molecule has 5 rings (SSSR count). The Morgan fingerprint density at radius 1 is 1.11 bits per heavy atom. The molecule has 4 bridgehead atoms. The molecule has 2 heterocycles. The Morgan fingerprint density at radius 3 is 2.74 bits per heavy atom. The molecule has 0 unspecified atom stereocenters. The van der Waals surface area contributed by atoms with E-state index >= 15 is 0 Å². The second kappa shape index (κ2) is 9.92. The predicted octanol–water partition coefficient (Wildman–Crippen LogP) is 5.71. The van der Waals surface area contributed by atoms with Gasteiger partial charge in [-0.2, -0.15) is 5.26 Å². The summed E-state index contributed by atoms with van der Waals surface area (Å²) in [5, 5.41) is 9.63.